The fraction of sp³-hybridized carbons (Fsp3) is 0.167. The smallest absolute Gasteiger partial charge is 0.411 e. The Morgan fingerprint density at radius 1 is 0.905 bits per heavy atom. The Bertz CT molecular complexity index is 1650. The average molecular weight is 604 g/mol. The van der Waals surface area contributed by atoms with Crippen molar-refractivity contribution in [3.63, 3.8) is 0 Å². The van der Waals surface area contributed by atoms with Gasteiger partial charge in [-0.25, -0.2) is 14.8 Å². The molecule has 42 heavy (non-hydrogen) atoms. The van der Waals surface area contributed by atoms with Crippen molar-refractivity contribution in [3.05, 3.63) is 77.7 Å². The van der Waals surface area contributed by atoms with Gasteiger partial charge in [-0.15, -0.1) is 11.3 Å². The summed E-state index contributed by atoms with van der Waals surface area (Å²) in [5.74, 6) is 1.90. The predicted octanol–water partition coefficient (Wildman–Crippen LogP) is 7.08. The van der Waals surface area contributed by atoms with Gasteiger partial charge in [-0.2, -0.15) is 0 Å². The van der Waals surface area contributed by atoms with Crippen LogP contribution in [0.15, 0.2) is 72.1 Å². The molecule has 2 aromatic heterocycles. The second-order valence-electron chi connectivity index (χ2n) is 8.89. The van der Waals surface area contributed by atoms with Crippen LogP contribution >= 0.6 is 22.7 Å². The molecule has 0 aliphatic carbocycles. The quantitative estimate of drug-likeness (QED) is 0.145. The van der Waals surface area contributed by atoms with E-state index in [1.54, 1.807) is 39.5 Å². The van der Waals surface area contributed by atoms with Gasteiger partial charge in [0.1, 0.15) is 15.7 Å². The van der Waals surface area contributed by atoms with E-state index in [0.717, 1.165) is 26.7 Å². The van der Waals surface area contributed by atoms with E-state index >= 15 is 0 Å². The van der Waals surface area contributed by atoms with Gasteiger partial charge < -0.3 is 30.0 Å². The summed E-state index contributed by atoms with van der Waals surface area (Å²) < 4.78 is 21.6. The number of nitrogen functional groups attached to an aromatic ring is 1. The third-order valence-electron chi connectivity index (χ3n) is 6.14. The standard InChI is InChI=1S/C30H29N5O5S2/c1-37-23-15-21(16-24(38-2)25(23)39-3)32-29-35-27(31)26(42-29)28-34-22(17-41-28)19-10-7-11-20(14-19)33-30(36)40-13-12-18-8-5-4-6-9-18/h4-11,14-17H,12-13,31H2,1-3H3,(H,32,35)(H,33,36). The Labute approximate surface area is 251 Å². The van der Waals surface area contributed by atoms with Gasteiger partial charge in [0.05, 0.1) is 33.6 Å². The van der Waals surface area contributed by atoms with Crippen LogP contribution in [0, 0.1) is 0 Å². The van der Waals surface area contributed by atoms with Crippen molar-refractivity contribution in [1.29, 1.82) is 0 Å². The van der Waals surface area contributed by atoms with Crippen LogP contribution in [0.3, 0.4) is 0 Å². The fourth-order valence-electron chi connectivity index (χ4n) is 4.14. The van der Waals surface area contributed by atoms with Gasteiger partial charge in [-0.1, -0.05) is 53.8 Å². The molecule has 4 N–H and O–H groups in total. The summed E-state index contributed by atoms with van der Waals surface area (Å²) in [7, 11) is 4.68. The number of ether oxygens (including phenoxy) is 4. The molecule has 0 saturated heterocycles. The van der Waals surface area contributed by atoms with Crippen LogP contribution in [0.2, 0.25) is 0 Å². The number of nitrogens with two attached hydrogens (primary N) is 1. The number of benzene rings is 3. The third-order valence-corrected chi connectivity index (χ3v) is 8.12. The highest BCUT2D eigenvalue weighted by molar-refractivity contribution is 7.23. The van der Waals surface area contributed by atoms with Gasteiger partial charge in [0.15, 0.2) is 16.6 Å². The van der Waals surface area contributed by atoms with Gasteiger partial charge in [0, 0.05) is 40.9 Å². The minimum Gasteiger partial charge on any atom is -0.493 e. The SMILES string of the molecule is COc1cc(Nc2nc(N)c(-c3nc(-c4cccc(NC(=O)OCCc5ccccc5)c4)cs3)s2)cc(OC)c1OC. The molecule has 3 aromatic carbocycles. The van der Waals surface area contributed by atoms with Gasteiger partial charge in [-0.3, -0.25) is 5.32 Å². The first-order valence-electron chi connectivity index (χ1n) is 12.8. The lowest BCUT2D eigenvalue weighted by Gasteiger charge is -2.14. The number of carbonyl (C=O) groups is 1. The molecule has 0 fully saturated rings. The minimum absolute atomic E-state index is 0.289. The van der Waals surface area contributed by atoms with E-state index in [2.05, 4.69) is 15.6 Å². The van der Waals surface area contributed by atoms with Crippen LogP contribution in [0.5, 0.6) is 17.2 Å². The van der Waals surface area contributed by atoms with Crippen LogP contribution < -0.4 is 30.6 Å². The molecule has 12 heteroatoms. The molecule has 216 valence electrons. The Morgan fingerprint density at radius 3 is 2.38 bits per heavy atom. The molecule has 5 rings (SSSR count). The van der Waals surface area contributed by atoms with E-state index in [0.29, 0.717) is 46.0 Å². The Kier molecular flexibility index (Phi) is 9.05. The molecule has 0 unspecified atom stereocenters. The number of anilines is 4. The fourth-order valence-corrected chi connectivity index (χ4v) is 5.98. The van der Waals surface area contributed by atoms with E-state index in [1.165, 1.54) is 22.7 Å². The first-order valence-corrected chi connectivity index (χ1v) is 14.5. The zero-order valence-electron chi connectivity index (χ0n) is 23.2. The maximum absolute atomic E-state index is 12.3. The first-order chi connectivity index (χ1) is 20.5. The summed E-state index contributed by atoms with van der Waals surface area (Å²) in [6.07, 6.45) is 0.141. The lowest BCUT2D eigenvalue weighted by molar-refractivity contribution is 0.163. The molecule has 2 heterocycles. The maximum atomic E-state index is 12.3. The molecule has 0 atom stereocenters. The lowest BCUT2D eigenvalue weighted by Crippen LogP contribution is -2.15. The van der Waals surface area contributed by atoms with Gasteiger partial charge in [-0.05, 0) is 17.7 Å². The number of nitrogens with zero attached hydrogens (tertiary/aromatic N) is 2. The highest BCUT2D eigenvalue weighted by Gasteiger charge is 2.18. The molecule has 10 nitrogen and oxygen atoms in total. The second-order valence-corrected chi connectivity index (χ2v) is 10.7. The summed E-state index contributed by atoms with van der Waals surface area (Å²) in [6.45, 7) is 0.289. The largest absolute Gasteiger partial charge is 0.493 e. The minimum atomic E-state index is -0.508. The summed E-state index contributed by atoms with van der Waals surface area (Å²) in [4.78, 5) is 22.3. The second kappa shape index (κ2) is 13.2. The van der Waals surface area contributed by atoms with E-state index in [-0.39, 0.29) is 6.61 Å². The highest BCUT2D eigenvalue weighted by atomic mass is 32.1. The van der Waals surface area contributed by atoms with E-state index in [4.69, 9.17) is 29.7 Å². The Morgan fingerprint density at radius 2 is 1.67 bits per heavy atom. The van der Waals surface area contributed by atoms with Crippen molar-refractivity contribution in [3.8, 4) is 38.4 Å². The number of thiazole rings is 2. The molecule has 0 saturated carbocycles. The predicted molar refractivity (Wildman–Crippen MR) is 168 cm³/mol. The molecule has 5 aromatic rings. The summed E-state index contributed by atoms with van der Waals surface area (Å²) in [6, 6.07) is 20.9. The number of hydrogen-bond donors (Lipinski definition) is 3. The Hall–Kier alpha value is -4.81. The number of rotatable bonds is 11. The Balaban J connectivity index is 1.26. The zero-order valence-corrected chi connectivity index (χ0v) is 24.8. The number of carbonyl (C=O) groups excluding carboxylic acids is 1. The maximum Gasteiger partial charge on any atom is 0.411 e. The normalized spacial score (nSPS) is 10.6. The van der Waals surface area contributed by atoms with Crippen molar-refractivity contribution in [2.45, 2.75) is 6.42 Å². The molecule has 0 aliphatic rings. The van der Waals surface area contributed by atoms with E-state index in [1.807, 2.05) is 53.9 Å². The van der Waals surface area contributed by atoms with Crippen LogP contribution in [-0.2, 0) is 11.2 Å². The van der Waals surface area contributed by atoms with Crippen molar-refractivity contribution < 1.29 is 23.7 Å². The van der Waals surface area contributed by atoms with Gasteiger partial charge in [0.25, 0.3) is 0 Å². The summed E-state index contributed by atoms with van der Waals surface area (Å²) in [5, 5.41) is 9.31. The van der Waals surface area contributed by atoms with Crippen molar-refractivity contribution in [2.75, 3.05) is 44.3 Å². The highest BCUT2D eigenvalue weighted by Crippen LogP contribution is 2.43. The van der Waals surface area contributed by atoms with Crippen LogP contribution in [0.25, 0.3) is 21.1 Å². The van der Waals surface area contributed by atoms with Gasteiger partial charge >= 0.3 is 6.09 Å². The molecule has 0 bridgehead atoms. The number of hydrogen-bond acceptors (Lipinski definition) is 11. The third kappa shape index (κ3) is 6.73. The van der Waals surface area contributed by atoms with Gasteiger partial charge in [0.2, 0.25) is 5.75 Å². The first kappa shape index (κ1) is 28.7. The zero-order chi connectivity index (χ0) is 29.5. The molecule has 1 amide bonds. The van der Waals surface area contributed by atoms with Crippen LogP contribution in [0.4, 0.5) is 27.1 Å². The van der Waals surface area contributed by atoms with Crippen molar-refractivity contribution in [2.24, 2.45) is 0 Å². The van der Waals surface area contributed by atoms with E-state index in [9.17, 15) is 4.79 Å². The topological polar surface area (TPSA) is 130 Å². The molecule has 0 radical (unpaired) electrons. The van der Waals surface area contributed by atoms with Crippen molar-refractivity contribution >= 4 is 51.1 Å². The lowest BCUT2D eigenvalue weighted by atomic mass is 10.1. The average Bonchev–Trinajstić information content (AvgIpc) is 3.63. The van der Waals surface area contributed by atoms with Crippen LogP contribution in [0.1, 0.15) is 5.56 Å². The number of amides is 1. The number of methoxy groups -OCH3 is 3. The monoisotopic (exact) mass is 603 g/mol. The molecular formula is C30H29N5O5S2. The van der Waals surface area contributed by atoms with Crippen molar-refractivity contribution in [1.82, 2.24) is 9.97 Å². The summed E-state index contributed by atoms with van der Waals surface area (Å²) in [5.41, 5.74) is 10.3. The molecule has 0 spiro atoms. The molecular weight excluding hydrogens is 574 g/mol. The van der Waals surface area contributed by atoms with E-state index < -0.39 is 6.09 Å². The summed E-state index contributed by atoms with van der Waals surface area (Å²) >= 11 is 2.84. The molecule has 0 aliphatic heterocycles. The number of nitrogens with one attached hydrogen (secondary N) is 2. The van der Waals surface area contributed by atoms with Crippen LogP contribution in [-0.4, -0.2) is 44.0 Å². The number of aromatic nitrogens is 2.